The maximum Gasteiger partial charge on any atom is 0.451 e. The Kier molecular flexibility index (Phi) is 3.64. The number of rotatable bonds is 3. The molecule has 1 aromatic rings. The lowest BCUT2D eigenvalue weighted by atomic mass is 10.2. The molecule has 0 spiro atoms. The van der Waals surface area contributed by atoms with Gasteiger partial charge in [-0.3, -0.25) is 9.59 Å². The highest BCUT2D eigenvalue weighted by Crippen LogP contribution is 2.29. The van der Waals surface area contributed by atoms with Crippen molar-refractivity contribution in [2.45, 2.75) is 32.1 Å². The van der Waals surface area contributed by atoms with Crippen LogP contribution in [0.15, 0.2) is 0 Å². The van der Waals surface area contributed by atoms with E-state index in [0.717, 1.165) is 4.57 Å². The first-order valence-corrected chi connectivity index (χ1v) is 5.78. The Morgan fingerprint density at radius 1 is 1.20 bits per heavy atom. The molecular weight excluding hydrogens is 281 g/mol. The fourth-order valence-corrected chi connectivity index (χ4v) is 1.95. The predicted octanol–water partition coefficient (Wildman–Crippen LogP) is 0.504. The second kappa shape index (κ2) is 5.10. The molecule has 7 nitrogen and oxygen atoms in total. The van der Waals surface area contributed by atoms with Gasteiger partial charge in [-0.25, -0.2) is 0 Å². The van der Waals surface area contributed by atoms with Crippen LogP contribution in [0.5, 0.6) is 0 Å². The van der Waals surface area contributed by atoms with E-state index in [1.54, 1.807) is 0 Å². The molecule has 2 heterocycles. The molecule has 0 aromatic carbocycles. The SMILES string of the molecule is O=C(O)CCC(=O)N1CCn2c(nnc2C(F)(F)F)C1. The van der Waals surface area contributed by atoms with Crippen LogP contribution in [0.25, 0.3) is 0 Å². The first-order chi connectivity index (χ1) is 9.29. The van der Waals surface area contributed by atoms with Gasteiger partial charge >= 0.3 is 12.1 Å². The number of amides is 1. The molecule has 0 atom stereocenters. The van der Waals surface area contributed by atoms with Gasteiger partial charge in [0.15, 0.2) is 5.82 Å². The molecule has 0 saturated heterocycles. The molecule has 1 N–H and O–H groups in total. The smallest absolute Gasteiger partial charge is 0.451 e. The molecule has 0 fully saturated rings. The van der Waals surface area contributed by atoms with E-state index in [-0.39, 0.29) is 38.3 Å². The van der Waals surface area contributed by atoms with Gasteiger partial charge < -0.3 is 14.6 Å². The van der Waals surface area contributed by atoms with Gasteiger partial charge in [-0.2, -0.15) is 13.2 Å². The standard InChI is InChI=1S/C10H11F3N4O3/c11-10(12,13)9-15-14-6-5-16(3-4-17(6)9)7(18)1-2-8(19)20/h1-5H2,(H,19,20). The summed E-state index contributed by atoms with van der Waals surface area (Å²) in [6.07, 6.45) is -5.08. The number of hydrogen-bond acceptors (Lipinski definition) is 4. The minimum atomic E-state index is -4.58. The summed E-state index contributed by atoms with van der Waals surface area (Å²) >= 11 is 0. The monoisotopic (exact) mass is 292 g/mol. The van der Waals surface area contributed by atoms with Crippen molar-refractivity contribution in [1.29, 1.82) is 0 Å². The highest BCUT2D eigenvalue weighted by atomic mass is 19.4. The van der Waals surface area contributed by atoms with Crippen LogP contribution < -0.4 is 0 Å². The third-order valence-corrected chi connectivity index (χ3v) is 2.91. The lowest BCUT2D eigenvalue weighted by molar-refractivity contribution is -0.148. The van der Waals surface area contributed by atoms with Crippen molar-refractivity contribution < 1.29 is 27.9 Å². The first-order valence-electron chi connectivity index (χ1n) is 5.78. The van der Waals surface area contributed by atoms with Crippen LogP contribution in [0, 0.1) is 0 Å². The number of hydrogen-bond donors (Lipinski definition) is 1. The third kappa shape index (κ3) is 2.89. The Hall–Kier alpha value is -2.13. The molecule has 2 rings (SSSR count). The molecule has 1 amide bonds. The van der Waals surface area contributed by atoms with Crippen molar-refractivity contribution in [3.63, 3.8) is 0 Å². The van der Waals surface area contributed by atoms with Gasteiger partial charge in [-0.15, -0.1) is 10.2 Å². The van der Waals surface area contributed by atoms with Crippen molar-refractivity contribution in [3.05, 3.63) is 11.6 Å². The number of carbonyl (C=O) groups is 2. The van der Waals surface area contributed by atoms with E-state index in [9.17, 15) is 22.8 Å². The van der Waals surface area contributed by atoms with E-state index >= 15 is 0 Å². The maximum absolute atomic E-state index is 12.6. The van der Waals surface area contributed by atoms with Gasteiger partial charge in [0, 0.05) is 19.5 Å². The van der Waals surface area contributed by atoms with Crippen molar-refractivity contribution in [2.75, 3.05) is 6.54 Å². The topological polar surface area (TPSA) is 88.3 Å². The maximum atomic E-state index is 12.6. The number of fused-ring (bicyclic) bond motifs is 1. The Bertz CT molecular complexity index is 540. The average Bonchev–Trinajstić information content (AvgIpc) is 2.78. The highest BCUT2D eigenvalue weighted by molar-refractivity contribution is 5.80. The summed E-state index contributed by atoms with van der Waals surface area (Å²) in [7, 11) is 0. The third-order valence-electron chi connectivity index (χ3n) is 2.91. The van der Waals surface area contributed by atoms with E-state index in [2.05, 4.69) is 10.2 Å². The van der Waals surface area contributed by atoms with Gasteiger partial charge in [-0.1, -0.05) is 0 Å². The van der Waals surface area contributed by atoms with Gasteiger partial charge in [0.1, 0.15) is 0 Å². The molecule has 1 aliphatic rings. The van der Waals surface area contributed by atoms with E-state index in [1.807, 2.05) is 0 Å². The molecule has 0 saturated carbocycles. The molecule has 0 aliphatic carbocycles. The van der Waals surface area contributed by atoms with Crippen molar-refractivity contribution in [3.8, 4) is 0 Å². The number of nitrogens with zero attached hydrogens (tertiary/aromatic N) is 4. The number of aromatic nitrogens is 3. The number of aliphatic carboxylic acids is 1. The van der Waals surface area contributed by atoms with E-state index < -0.39 is 23.9 Å². The fourth-order valence-electron chi connectivity index (χ4n) is 1.95. The Balaban J connectivity index is 2.07. The molecule has 110 valence electrons. The summed E-state index contributed by atoms with van der Waals surface area (Å²) in [5.74, 6) is -2.55. The summed E-state index contributed by atoms with van der Waals surface area (Å²) in [5, 5.41) is 15.0. The quantitative estimate of drug-likeness (QED) is 0.876. The summed E-state index contributed by atoms with van der Waals surface area (Å²) in [5.41, 5.74) is 0. The molecule has 1 aromatic heterocycles. The Morgan fingerprint density at radius 3 is 2.50 bits per heavy atom. The van der Waals surface area contributed by atoms with E-state index in [4.69, 9.17) is 5.11 Å². The number of halogens is 3. The van der Waals surface area contributed by atoms with E-state index in [0.29, 0.717) is 0 Å². The minimum absolute atomic E-state index is 0.0484. The molecule has 1 aliphatic heterocycles. The number of alkyl halides is 3. The summed E-state index contributed by atoms with van der Waals surface area (Å²) < 4.78 is 38.7. The van der Waals surface area contributed by atoms with Gasteiger partial charge in [0.2, 0.25) is 11.7 Å². The second-order valence-corrected chi connectivity index (χ2v) is 4.30. The number of carboxylic acids is 1. The molecule has 0 unspecified atom stereocenters. The van der Waals surface area contributed by atoms with Crippen LogP contribution in [-0.4, -0.2) is 43.2 Å². The van der Waals surface area contributed by atoms with Crippen molar-refractivity contribution >= 4 is 11.9 Å². The van der Waals surface area contributed by atoms with Crippen molar-refractivity contribution in [2.24, 2.45) is 0 Å². The number of carboxylic acid groups (broad SMARTS) is 1. The minimum Gasteiger partial charge on any atom is -0.481 e. The normalized spacial score (nSPS) is 15.1. The summed E-state index contributed by atoms with van der Waals surface area (Å²) in [6.45, 7) is -0.0793. The van der Waals surface area contributed by atoms with Gasteiger partial charge in [-0.05, 0) is 0 Å². The van der Waals surface area contributed by atoms with Crippen molar-refractivity contribution in [1.82, 2.24) is 19.7 Å². The summed E-state index contributed by atoms with van der Waals surface area (Å²) in [6, 6.07) is 0. The van der Waals surface area contributed by atoms with Crippen LogP contribution in [-0.2, 0) is 28.9 Å². The Morgan fingerprint density at radius 2 is 1.90 bits per heavy atom. The lowest BCUT2D eigenvalue weighted by Crippen LogP contribution is -2.39. The van der Waals surface area contributed by atoms with E-state index in [1.165, 1.54) is 4.90 Å². The van der Waals surface area contributed by atoms with Gasteiger partial charge in [0.05, 0.1) is 13.0 Å². The van der Waals surface area contributed by atoms with Crippen LogP contribution in [0.1, 0.15) is 24.5 Å². The molecule has 20 heavy (non-hydrogen) atoms. The fraction of sp³-hybridized carbons (Fsp3) is 0.600. The molecular formula is C10H11F3N4O3. The first kappa shape index (κ1) is 14.3. The van der Waals surface area contributed by atoms with Crippen LogP contribution in [0.4, 0.5) is 13.2 Å². The lowest BCUT2D eigenvalue weighted by Gasteiger charge is -2.27. The van der Waals surface area contributed by atoms with Crippen LogP contribution >= 0.6 is 0 Å². The molecule has 0 bridgehead atoms. The largest absolute Gasteiger partial charge is 0.481 e. The molecule has 0 radical (unpaired) electrons. The second-order valence-electron chi connectivity index (χ2n) is 4.30. The zero-order chi connectivity index (χ0) is 14.9. The highest BCUT2D eigenvalue weighted by Gasteiger charge is 2.39. The predicted molar refractivity (Wildman–Crippen MR) is 57.3 cm³/mol. The van der Waals surface area contributed by atoms with Gasteiger partial charge in [0.25, 0.3) is 0 Å². The summed E-state index contributed by atoms with van der Waals surface area (Å²) in [4.78, 5) is 23.4. The molecule has 10 heteroatoms. The number of carbonyl (C=O) groups excluding carboxylic acids is 1. The Labute approximate surface area is 111 Å². The zero-order valence-electron chi connectivity index (χ0n) is 10.2. The van der Waals surface area contributed by atoms with Crippen LogP contribution in [0.2, 0.25) is 0 Å². The van der Waals surface area contributed by atoms with Crippen LogP contribution in [0.3, 0.4) is 0 Å². The average molecular weight is 292 g/mol. The zero-order valence-corrected chi connectivity index (χ0v) is 10.2.